The highest BCUT2D eigenvalue weighted by Crippen LogP contribution is 2.35. The summed E-state index contributed by atoms with van der Waals surface area (Å²) in [6.45, 7) is 9.06. The summed E-state index contributed by atoms with van der Waals surface area (Å²) in [7, 11) is 0. The molecule has 3 N–H and O–H groups in total. The molecule has 0 saturated carbocycles. The number of nitrogens with one attached hydrogen (secondary N) is 2. The molecule has 1 aliphatic rings. The van der Waals surface area contributed by atoms with Gasteiger partial charge in [-0.25, -0.2) is 4.39 Å². The van der Waals surface area contributed by atoms with E-state index in [-0.39, 0.29) is 29.4 Å². The van der Waals surface area contributed by atoms with Crippen LogP contribution in [0.25, 0.3) is 10.9 Å². The zero-order valence-electron chi connectivity index (χ0n) is 16.4. The van der Waals surface area contributed by atoms with E-state index in [1.165, 1.54) is 21.6 Å². The summed E-state index contributed by atoms with van der Waals surface area (Å²) in [5.41, 5.74) is 0.393. The average molecular weight is 412 g/mol. The maximum atomic E-state index is 14.0. The fourth-order valence-corrected chi connectivity index (χ4v) is 3.93. The van der Waals surface area contributed by atoms with Crippen LogP contribution in [-0.4, -0.2) is 41.8 Å². The van der Waals surface area contributed by atoms with Gasteiger partial charge in [0.15, 0.2) is 0 Å². The normalized spacial score (nSPS) is 15.5. The molecule has 0 spiro atoms. The van der Waals surface area contributed by atoms with Gasteiger partial charge in [0.25, 0.3) is 11.5 Å². The van der Waals surface area contributed by atoms with Crippen molar-refractivity contribution in [2.45, 2.75) is 39.7 Å². The van der Waals surface area contributed by atoms with Crippen LogP contribution in [0.5, 0.6) is 5.75 Å². The molecule has 1 aliphatic heterocycles. The Bertz CT molecular complexity index is 941. The molecule has 1 aromatic carbocycles. The number of aromatic nitrogens is 1. The van der Waals surface area contributed by atoms with Crippen LogP contribution in [0.3, 0.4) is 0 Å². The van der Waals surface area contributed by atoms with E-state index in [2.05, 4.69) is 19.2 Å². The number of aryl methyl sites for hydroxylation is 1. The van der Waals surface area contributed by atoms with Crippen molar-refractivity contribution < 1.29 is 31.6 Å². The van der Waals surface area contributed by atoms with Crippen LogP contribution in [0, 0.1) is 5.82 Å². The van der Waals surface area contributed by atoms with E-state index in [0.717, 1.165) is 19.6 Å². The largest absolute Gasteiger partial charge is 1.00 e. The SMILES string of the molecule is CC[NH+](CC)CCNC(=O)c1c(O)c2cc(F)cc3c2n(c1=O)C(C)CC3.[Cl-]. The predicted molar refractivity (Wildman–Crippen MR) is 102 cm³/mol. The second kappa shape index (κ2) is 8.92. The quantitative estimate of drug-likeness (QED) is 0.515. The summed E-state index contributed by atoms with van der Waals surface area (Å²) in [4.78, 5) is 27.0. The van der Waals surface area contributed by atoms with Gasteiger partial charge in [-0.3, -0.25) is 9.59 Å². The van der Waals surface area contributed by atoms with Gasteiger partial charge in [-0.1, -0.05) is 0 Å². The Kier molecular flexibility index (Phi) is 7.06. The van der Waals surface area contributed by atoms with Gasteiger partial charge in [-0.2, -0.15) is 0 Å². The molecule has 28 heavy (non-hydrogen) atoms. The Balaban J connectivity index is 0.00000280. The number of quaternary nitrogens is 1. The Hall–Kier alpha value is -2.12. The monoisotopic (exact) mass is 411 g/mol. The highest BCUT2D eigenvalue weighted by atomic mass is 35.5. The van der Waals surface area contributed by atoms with Gasteiger partial charge in [0.1, 0.15) is 17.1 Å². The van der Waals surface area contributed by atoms with Gasteiger partial charge in [-0.05, 0) is 51.3 Å². The zero-order valence-corrected chi connectivity index (χ0v) is 17.2. The molecular formula is C20H27ClFN3O3. The minimum absolute atomic E-state index is 0. The van der Waals surface area contributed by atoms with Crippen LogP contribution in [0.4, 0.5) is 4.39 Å². The number of halogens is 2. The van der Waals surface area contributed by atoms with Crippen LogP contribution in [-0.2, 0) is 6.42 Å². The number of nitrogens with zero attached hydrogens (tertiary/aromatic N) is 1. The third-order valence-corrected chi connectivity index (χ3v) is 5.58. The number of pyridine rings is 1. The van der Waals surface area contributed by atoms with Crippen molar-refractivity contribution in [2.75, 3.05) is 26.2 Å². The van der Waals surface area contributed by atoms with Gasteiger partial charge in [0.2, 0.25) is 0 Å². The van der Waals surface area contributed by atoms with Crippen molar-refractivity contribution in [1.29, 1.82) is 0 Å². The molecule has 2 heterocycles. The third kappa shape index (κ3) is 3.86. The van der Waals surface area contributed by atoms with Crippen LogP contribution in [0.1, 0.15) is 49.2 Å². The number of carbonyl (C=O) groups excluding carboxylic acids is 1. The summed E-state index contributed by atoms with van der Waals surface area (Å²) >= 11 is 0. The molecule has 0 aliphatic carbocycles. The maximum Gasteiger partial charge on any atom is 0.267 e. The van der Waals surface area contributed by atoms with E-state index in [1.54, 1.807) is 0 Å². The summed E-state index contributed by atoms with van der Waals surface area (Å²) in [5, 5.41) is 13.6. The second-order valence-electron chi connectivity index (χ2n) is 7.21. The molecule has 0 radical (unpaired) electrons. The highest BCUT2D eigenvalue weighted by Gasteiger charge is 2.28. The van der Waals surface area contributed by atoms with Gasteiger partial charge in [-0.15, -0.1) is 0 Å². The van der Waals surface area contributed by atoms with E-state index in [4.69, 9.17) is 0 Å². The minimum Gasteiger partial charge on any atom is -1.00 e. The van der Waals surface area contributed by atoms with Crippen molar-refractivity contribution >= 4 is 16.8 Å². The lowest BCUT2D eigenvalue weighted by atomic mass is 9.95. The molecule has 1 unspecified atom stereocenters. The van der Waals surface area contributed by atoms with E-state index in [1.807, 2.05) is 6.92 Å². The van der Waals surface area contributed by atoms with E-state index in [9.17, 15) is 19.1 Å². The fourth-order valence-electron chi connectivity index (χ4n) is 3.93. The standard InChI is InChI=1S/C20H26FN3O3.ClH/c1-4-23(5-2)9-8-22-19(26)16-18(25)15-11-14(21)10-13-7-6-12(3)24(17(13)15)20(16)27;/h10-12,25H,4-9H2,1-3H3,(H,22,26);1H. The van der Waals surface area contributed by atoms with Gasteiger partial charge >= 0.3 is 0 Å². The Labute approximate surface area is 169 Å². The first-order chi connectivity index (χ1) is 12.9. The van der Waals surface area contributed by atoms with Crippen molar-refractivity contribution in [3.8, 4) is 5.75 Å². The van der Waals surface area contributed by atoms with Crippen LogP contribution < -0.4 is 28.2 Å². The lowest BCUT2D eigenvalue weighted by Crippen LogP contribution is -3.12. The average Bonchev–Trinajstić information content (AvgIpc) is 2.64. The van der Waals surface area contributed by atoms with Gasteiger partial charge in [0, 0.05) is 11.4 Å². The molecule has 6 nitrogen and oxygen atoms in total. The summed E-state index contributed by atoms with van der Waals surface area (Å²) in [6, 6.07) is 2.47. The van der Waals surface area contributed by atoms with Crippen LogP contribution in [0.2, 0.25) is 0 Å². The molecule has 3 rings (SSSR count). The molecule has 2 aromatic rings. The molecule has 1 atom stereocenters. The van der Waals surface area contributed by atoms with Crippen molar-refractivity contribution in [3.63, 3.8) is 0 Å². The van der Waals surface area contributed by atoms with Crippen LogP contribution in [0.15, 0.2) is 16.9 Å². The number of likely N-dealkylation sites (N-methyl/N-ethyl adjacent to an activating group) is 1. The number of benzene rings is 1. The molecule has 1 aromatic heterocycles. The fraction of sp³-hybridized carbons (Fsp3) is 0.500. The van der Waals surface area contributed by atoms with E-state index < -0.39 is 23.0 Å². The Morgan fingerprint density at radius 3 is 2.68 bits per heavy atom. The smallest absolute Gasteiger partial charge is 0.267 e. The van der Waals surface area contributed by atoms with Gasteiger partial charge < -0.3 is 32.3 Å². The Morgan fingerprint density at radius 2 is 2.04 bits per heavy atom. The lowest BCUT2D eigenvalue weighted by Gasteiger charge is -2.26. The summed E-state index contributed by atoms with van der Waals surface area (Å²) in [5.74, 6) is -1.53. The maximum absolute atomic E-state index is 14.0. The lowest BCUT2D eigenvalue weighted by molar-refractivity contribution is -0.895. The zero-order chi connectivity index (χ0) is 19.7. The first kappa shape index (κ1) is 22.2. The van der Waals surface area contributed by atoms with Crippen molar-refractivity contribution in [2.24, 2.45) is 0 Å². The number of carbonyl (C=O) groups is 1. The van der Waals surface area contributed by atoms with E-state index >= 15 is 0 Å². The predicted octanol–water partition coefficient (Wildman–Crippen LogP) is -1.99. The number of rotatable bonds is 6. The highest BCUT2D eigenvalue weighted by molar-refractivity contribution is 6.03. The van der Waals surface area contributed by atoms with Crippen molar-refractivity contribution in [3.05, 3.63) is 39.4 Å². The van der Waals surface area contributed by atoms with E-state index in [0.29, 0.717) is 30.5 Å². The van der Waals surface area contributed by atoms with Crippen LogP contribution >= 0.6 is 0 Å². The molecule has 0 bridgehead atoms. The number of aromatic hydroxyl groups is 1. The third-order valence-electron chi connectivity index (χ3n) is 5.58. The molecule has 1 amide bonds. The number of hydrogen-bond acceptors (Lipinski definition) is 3. The summed E-state index contributed by atoms with van der Waals surface area (Å²) in [6.07, 6.45) is 1.31. The number of hydrogen-bond donors (Lipinski definition) is 3. The molecule has 8 heteroatoms. The topological polar surface area (TPSA) is 75.8 Å². The molecule has 0 fully saturated rings. The van der Waals surface area contributed by atoms with Gasteiger partial charge in [0.05, 0.1) is 31.7 Å². The molecular weight excluding hydrogens is 385 g/mol. The molecule has 0 saturated heterocycles. The number of amides is 1. The first-order valence-electron chi connectivity index (χ1n) is 9.60. The minimum atomic E-state index is -0.613. The van der Waals surface area contributed by atoms with Crippen molar-refractivity contribution in [1.82, 2.24) is 9.88 Å². The second-order valence-corrected chi connectivity index (χ2v) is 7.21. The first-order valence-corrected chi connectivity index (χ1v) is 9.60. The Morgan fingerprint density at radius 1 is 1.36 bits per heavy atom. The summed E-state index contributed by atoms with van der Waals surface area (Å²) < 4.78 is 15.5. The molecule has 154 valence electrons.